The van der Waals surface area contributed by atoms with Gasteiger partial charge in [0.15, 0.2) is 5.16 Å². The van der Waals surface area contributed by atoms with Crippen molar-refractivity contribution in [3.8, 4) is 0 Å². The summed E-state index contributed by atoms with van der Waals surface area (Å²) in [7, 11) is 0. The number of hydrogen-bond acceptors (Lipinski definition) is 4. The van der Waals surface area contributed by atoms with Gasteiger partial charge < -0.3 is 14.4 Å². The third kappa shape index (κ3) is 4.81. The first kappa shape index (κ1) is 20.8. The number of rotatable bonds is 7. The number of thioether (sulfide) groups is 1. The van der Waals surface area contributed by atoms with E-state index in [1.165, 1.54) is 5.69 Å². The van der Waals surface area contributed by atoms with Crippen molar-refractivity contribution in [1.82, 2.24) is 14.5 Å². The van der Waals surface area contributed by atoms with Crippen LogP contribution in [-0.4, -0.2) is 52.3 Å². The Balaban J connectivity index is 1.37. The number of aromatic nitrogens is 2. The average Bonchev–Trinajstić information content (AvgIpc) is 3.14. The minimum absolute atomic E-state index is 0.204. The van der Waals surface area contributed by atoms with E-state index in [2.05, 4.69) is 65.8 Å². The number of fused-ring (bicyclic) bond motifs is 1. The van der Waals surface area contributed by atoms with E-state index in [4.69, 9.17) is 4.98 Å². The highest BCUT2D eigenvalue weighted by Gasteiger charge is 2.22. The van der Waals surface area contributed by atoms with E-state index in [0.717, 1.165) is 55.3 Å². The van der Waals surface area contributed by atoms with Gasteiger partial charge in [0, 0.05) is 38.4 Å². The SMILES string of the molecule is CC(C)CCn1c(SCC(=O)N2CCN(c3ccccc3)CC2)nc2ccccc21. The predicted molar refractivity (Wildman–Crippen MR) is 125 cm³/mol. The number of anilines is 1. The lowest BCUT2D eigenvalue weighted by atomic mass is 10.1. The normalized spacial score (nSPS) is 14.6. The smallest absolute Gasteiger partial charge is 0.233 e. The van der Waals surface area contributed by atoms with E-state index in [9.17, 15) is 4.79 Å². The van der Waals surface area contributed by atoms with E-state index < -0.39 is 0 Å². The molecule has 3 aromatic rings. The highest BCUT2D eigenvalue weighted by molar-refractivity contribution is 7.99. The fourth-order valence-corrected chi connectivity index (χ4v) is 4.78. The number of benzene rings is 2. The summed E-state index contributed by atoms with van der Waals surface area (Å²) in [6, 6.07) is 18.7. The summed E-state index contributed by atoms with van der Waals surface area (Å²) < 4.78 is 2.28. The Labute approximate surface area is 183 Å². The van der Waals surface area contributed by atoms with Gasteiger partial charge in [0.1, 0.15) is 0 Å². The van der Waals surface area contributed by atoms with E-state index in [0.29, 0.717) is 11.7 Å². The number of nitrogens with zero attached hydrogens (tertiary/aromatic N) is 4. The zero-order valence-corrected chi connectivity index (χ0v) is 18.6. The van der Waals surface area contributed by atoms with Gasteiger partial charge in [-0.15, -0.1) is 0 Å². The lowest BCUT2D eigenvalue weighted by Crippen LogP contribution is -2.49. The van der Waals surface area contributed by atoms with Gasteiger partial charge in [-0.25, -0.2) is 4.98 Å². The van der Waals surface area contributed by atoms with Gasteiger partial charge in [-0.2, -0.15) is 0 Å². The Kier molecular flexibility index (Phi) is 6.62. The topological polar surface area (TPSA) is 41.4 Å². The molecule has 2 aromatic carbocycles. The van der Waals surface area contributed by atoms with Crippen LogP contribution in [-0.2, 0) is 11.3 Å². The van der Waals surface area contributed by atoms with Gasteiger partial charge in [-0.1, -0.05) is 55.9 Å². The van der Waals surface area contributed by atoms with Crippen molar-refractivity contribution in [3.05, 3.63) is 54.6 Å². The number of hydrogen-bond donors (Lipinski definition) is 0. The lowest BCUT2D eigenvalue weighted by Gasteiger charge is -2.36. The molecule has 0 aliphatic carbocycles. The molecule has 1 aliphatic heterocycles. The first-order chi connectivity index (χ1) is 14.6. The van der Waals surface area contributed by atoms with Gasteiger partial charge in [0.25, 0.3) is 0 Å². The number of amides is 1. The van der Waals surface area contributed by atoms with Crippen molar-refractivity contribution in [3.63, 3.8) is 0 Å². The van der Waals surface area contributed by atoms with Gasteiger partial charge in [0.05, 0.1) is 16.8 Å². The minimum atomic E-state index is 0.204. The van der Waals surface area contributed by atoms with Crippen molar-refractivity contribution in [2.24, 2.45) is 5.92 Å². The molecule has 0 unspecified atom stereocenters. The highest BCUT2D eigenvalue weighted by atomic mass is 32.2. The summed E-state index contributed by atoms with van der Waals surface area (Å²) in [5.41, 5.74) is 3.40. The maximum absolute atomic E-state index is 12.9. The summed E-state index contributed by atoms with van der Waals surface area (Å²) in [4.78, 5) is 22.0. The number of para-hydroxylation sites is 3. The van der Waals surface area contributed by atoms with E-state index in [-0.39, 0.29) is 5.91 Å². The van der Waals surface area contributed by atoms with E-state index in [1.807, 2.05) is 17.0 Å². The molecular weight excluding hydrogens is 392 g/mol. The molecule has 30 heavy (non-hydrogen) atoms. The second-order valence-corrected chi connectivity index (χ2v) is 9.15. The first-order valence-corrected chi connectivity index (χ1v) is 11.8. The third-order valence-electron chi connectivity index (χ3n) is 5.63. The van der Waals surface area contributed by atoms with Gasteiger partial charge in [0.2, 0.25) is 5.91 Å². The van der Waals surface area contributed by atoms with Gasteiger partial charge in [-0.3, -0.25) is 4.79 Å². The Morgan fingerprint density at radius 1 is 1.00 bits per heavy atom. The molecule has 0 atom stereocenters. The minimum Gasteiger partial charge on any atom is -0.368 e. The third-order valence-corrected chi connectivity index (χ3v) is 6.59. The summed E-state index contributed by atoms with van der Waals surface area (Å²) in [5, 5.41) is 0.952. The van der Waals surface area contributed by atoms with E-state index in [1.54, 1.807) is 11.8 Å². The Hall–Kier alpha value is -2.47. The molecule has 5 nitrogen and oxygen atoms in total. The summed E-state index contributed by atoms with van der Waals surface area (Å²) in [6.07, 6.45) is 1.10. The Morgan fingerprint density at radius 2 is 1.70 bits per heavy atom. The number of piperazine rings is 1. The number of aryl methyl sites for hydroxylation is 1. The van der Waals surface area contributed by atoms with Crippen molar-refractivity contribution in [1.29, 1.82) is 0 Å². The van der Waals surface area contributed by atoms with Crippen LogP contribution in [0.1, 0.15) is 20.3 Å². The zero-order chi connectivity index (χ0) is 20.9. The van der Waals surface area contributed by atoms with Crippen LogP contribution in [0.15, 0.2) is 59.8 Å². The molecule has 1 aromatic heterocycles. The molecule has 0 saturated carbocycles. The molecule has 0 N–H and O–H groups in total. The summed E-state index contributed by atoms with van der Waals surface area (Å²) in [5.74, 6) is 1.28. The molecule has 0 radical (unpaired) electrons. The molecule has 1 saturated heterocycles. The Bertz CT molecular complexity index is 977. The first-order valence-electron chi connectivity index (χ1n) is 10.8. The maximum Gasteiger partial charge on any atom is 0.233 e. The van der Waals surface area contributed by atoms with Crippen molar-refractivity contribution in [2.75, 3.05) is 36.8 Å². The molecule has 1 amide bonds. The lowest BCUT2D eigenvalue weighted by molar-refractivity contribution is -0.128. The highest BCUT2D eigenvalue weighted by Crippen LogP contribution is 2.26. The van der Waals surface area contributed by atoms with E-state index >= 15 is 0 Å². The van der Waals surface area contributed by atoms with Crippen LogP contribution in [0.25, 0.3) is 11.0 Å². The quantitative estimate of drug-likeness (QED) is 0.525. The monoisotopic (exact) mass is 422 g/mol. The predicted octanol–water partition coefficient (Wildman–Crippen LogP) is 4.52. The molecule has 0 spiro atoms. The van der Waals surface area contributed by atoms with Crippen LogP contribution >= 0.6 is 11.8 Å². The van der Waals surface area contributed by atoms with Crippen LogP contribution < -0.4 is 4.90 Å². The second-order valence-electron chi connectivity index (χ2n) is 8.21. The Morgan fingerprint density at radius 3 is 2.43 bits per heavy atom. The standard InChI is InChI=1S/C24H30N4OS/c1-19(2)12-13-28-22-11-7-6-10-21(22)25-24(28)30-18-23(29)27-16-14-26(15-17-27)20-8-4-3-5-9-20/h3-11,19H,12-18H2,1-2H3. The van der Waals surface area contributed by atoms with Crippen molar-refractivity contribution < 1.29 is 4.79 Å². The fraction of sp³-hybridized carbons (Fsp3) is 0.417. The van der Waals surface area contributed by atoms with Crippen LogP contribution in [0.5, 0.6) is 0 Å². The number of imidazole rings is 1. The van der Waals surface area contributed by atoms with Gasteiger partial charge in [-0.05, 0) is 36.6 Å². The fourth-order valence-electron chi connectivity index (χ4n) is 3.84. The molecule has 158 valence electrons. The maximum atomic E-state index is 12.9. The number of carbonyl (C=O) groups is 1. The van der Waals surface area contributed by atoms with Crippen LogP contribution in [0.4, 0.5) is 5.69 Å². The molecule has 4 rings (SSSR count). The molecule has 1 fully saturated rings. The molecule has 1 aliphatic rings. The van der Waals surface area contributed by atoms with Crippen molar-refractivity contribution in [2.45, 2.75) is 32.0 Å². The molecule has 2 heterocycles. The molecule has 6 heteroatoms. The summed E-state index contributed by atoms with van der Waals surface area (Å²) in [6.45, 7) is 8.73. The van der Waals surface area contributed by atoms with Crippen LogP contribution in [0.2, 0.25) is 0 Å². The van der Waals surface area contributed by atoms with Crippen LogP contribution in [0, 0.1) is 5.92 Å². The largest absolute Gasteiger partial charge is 0.368 e. The summed E-state index contributed by atoms with van der Waals surface area (Å²) >= 11 is 1.57. The van der Waals surface area contributed by atoms with Gasteiger partial charge >= 0.3 is 0 Å². The average molecular weight is 423 g/mol. The number of carbonyl (C=O) groups excluding carboxylic acids is 1. The molecular formula is C24H30N4OS. The van der Waals surface area contributed by atoms with Crippen LogP contribution in [0.3, 0.4) is 0 Å². The second kappa shape index (κ2) is 9.56. The molecule has 0 bridgehead atoms. The van der Waals surface area contributed by atoms with Crippen molar-refractivity contribution >= 4 is 34.4 Å². The zero-order valence-electron chi connectivity index (χ0n) is 17.8.